The molecule has 2 heterocycles. The summed E-state index contributed by atoms with van der Waals surface area (Å²) in [6.07, 6.45) is 14.2. The normalized spacial score (nSPS) is 16.0. The second-order valence-corrected chi connectivity index (χ2v) is 7.74. The molecule has 0 spiro atoms. The molecule has 4 nitrogen and oxygen atoms in total. The fraction of sp³-hybridized carbons (Fsp3) is 0.308. The minimum atomic E-state index is 0.245. The van der Waals surface area contributed by atoms with Crippen LogP contribution in [0.25, 0.3) is 27.4 Å². The SMILES string of the molecule is C\C=C(/C=C(C#N)\C(=C\CC)OC1CCC1)c1ccc2c3cnccc3n(C)c2c1. The van der Waals surface area contributed by atoms with Gasteiger partial charge in [-0.15, -0.1) is 0 Å². The lowest BCUT2D eigenvalue weighted by atomic mass is 9.95. The number of fused-ring (bicyclic) bond motifs is 3. The van der Waals surface area contributed by atoms with Crippen molar-refractivity contribution >= 4 is 27.4 Å². The molecule has 1 aliphatic rings. The summed E-state index contributed by atoms with van der Waals surface area (Å²) >= 11 is 0. The van der Waals surface area contributed by atoms with E-state index in [1.807, 2.05) is 37.5 Å². The molecule has 1 saturated carbocycles. The number of nitrogens with zero attached hydrogens (tertiary/aromatic N) is 3. The van der Waals surface area contributed by atoms with E-state index in [1.165, 1.54) is 11.8 Å². The van der Waals surface area contributed by atoms with Crippen molar-refractivity contribution in [3.05, 3.63) is 71.8 Å². The van der Waals surface area contributed by atoms with Gasteiger partial charge in [-0.25, -0.2) is 0 Å². The van der Waals surface area contributed by atoms with Crippen molar-refractivity contribution in [1.29, 1.82) is 5.26 Å². The summed E-state index contributed by atoms with van der Waals surface area (Å²) in [4.78, 5) is 4.28. The summed E-state index contributed by atoms with van der Waals surface area (Å²) in [6.45, 7) is 4.07. The van der Waals surface area contributed by atoms with Crippen LogP contribution in [0, 0.1) is 11.3 Å². The van der Waals surface area contributed by atoms with E-state index < -0.39 is 0 Å². The van der Waals surface area contributed by atoms with Crippen molar-refractivity contribution in [3.63, 3.8) is 0 Å². The third-order valence-electron chi connectivity index (χ3n) is 5.87. The van der Waals surface area contributed by atoms with Crippen LogP contribution in [0.3, 0.4) is 0 Å². The van der Waals surface area contributed by atoms with E-state index >= 15 is 0 Å². The number of nitriles is 1. The first kappa shape index (κ1) is 20.0. The summed E-state index contributed by atoms with van der Waals surface area (Å²) in [5, 5.41) is 12.2. The molecule has 0 bridgehead atoms. The van der Waals surface area contributed by atoms with Crippen LogP contribution in [0.1, 0.15) is 45.1 Å². The zero-order valence-electron chi connectivity index (χ0n) is 17.9. The monoisotopic (exact) mass is 397 g/mol. The fourth-order valence-corrected chi connectivity index (χ4v) is 3.96. The maximum atomic E-state index is 9.85. The minimum absolute atomic E-state index is 0.245. The van der Waals surface area contributed by atoms with E-state index in [0.717, 1.165) is 46.8 Å². The molecular formula is C26H27N3O. The van der Waals surface area contributed by atoms with Crippen molar-refractivity contribution in [2.45, 2.75) is 45.6 Å². The number of benzene rings is 1. The van der Waals surface area contributed by atoms with Gasteiger partial charge in [0.2, 0.25) is 0 Å². The Bertz CT molecular complexity index is 1220. The highest BCUT2D eigenvalue weighted by atomic mass is 16.5. The Morgan fingerprint density at radius 2 is 2.10 bits per heavy atom. The molecule has 0 atom stereocenters. The summed E-state index contributed by atoms with van der Waals surface area (Å²) in [5.41, 5.74) is 4.98. The Hall–Kier alpha value is -3.32. The second kappa shape index (κ2) is 8.59. The summed E-state index contributed by atoms with van der Waals surface area (Å²) < 4.78 is 8.32. The summed E-state index contributed by atoms with van der Waals surface area (Å²) in [6, 6.07) is 10.8. The van der Waals surface area contributed by atoms with Gasteiger partial charge >= 0.3 is 0 Å². The van der Waals surface area contributed by atoms with Crippen LogP contribution in [0.15, 0.2) is 66.2 Å². The van der Waals surface area contributed by atoms with E-state index in [4.69, 9.17) is 4.74 Å². The second-order valence-electron chi connectivity index (χ2n) is 7.74. The van der Waals surface area contributed by atoms with Crippen molar-refractivity contribution in [2.75, 3.05) is 0 Å². The molecule has 3 aromatic rings. The van der Waals surface area contributed by atoms with Gasteiger partial charge in [-0.05, 0) is 68.0 Å². The van der Waals surface area contributed by atoms with Gasteiger partial charge in [-0.3, -0.25) is 4.98 Å². The third kappa shape index (κ3) is 3.64. The van der Waals surface area contributed by atoms with Gasteiger partial charge in [-0.2, -0.15) is 5.26 Å². The molecule has 1 fully saturated rings. The summed E-state index contributed by atoms with van der Waals surface area (Å²) in [7, 11) is 2.08. The van der Waals surface area contributed by atoms with Crippen LogP contribution >= 0.6 is 0 Å². The lowest BCUT2D eigenvalue weighted by Gasteiger charge is -2.27. The van der Waals surface area contributed by atoms with Gasteiger partial charge in [0.05, 0.1) is 17.2 Å². The quantitative estimate of drug-likeness (QED) is 0.273. The first-order valence-electron chi connectivity index (χ1n) is 10.6. The van der Waals surface area contributed by atoms with E-state index in [9.17, 15) is 5.26 Å². The van der Waals surface area contributed by atoms with Crippen LogP contribution in [0.5, 0.6) is 0 Å². The Kier molecular flexibility index (Phi) is 5.72. The van der Waals surface area contributed by atoms with E-state index in [-0.39, 0.29) is 6.10 Å². The highest BCUT2D eigenvalue weighted by Gasteiger charge is 2.21. The molecule has 0 saturated heterocycles. The maximum Gasteiger partial charge on any atom is 0.133 e. The number of hydrogen-bond donors (Lipinski definition) is 0. The molecule has 4 rings (SSSR count). The average molecular weight is 398 g/mol. The molecule has 0 radical (unpaired) electrons. The number of pyridine rings is 1. The molecular weight excluding hydrogens is 370 g/mol. The Balaban J connectivity index is 1.74. The van der Waals surface area contributed by atoms with Gasteiger partial charge in [0.15, 0.2) is 0 Å². The Labute approximate surface area is 177 Å². The molecule has 0 aliphatic heterocycles. The number of aryl methyl sites for hydroxylation is 1. The number of rotatable bonds is 6. The molecule has 1 aromatic carbocycles. The van der Waals surface area contributed by atoms with Crippen molar-refractivity contribution < 1.29 is 4.74 Å². The molecule has 1 aliphatic carbocycles. The molecule has 0 unspecified atom stereocenters. The summed E-state index contributed by atoms with van der Waals surface area (Å²) in [5.74, 6) is 0.709. The predicted octanol–water partition coefficient (Wildman–Crippen LogP) is 6.44. The zero-order valence-corrected chi connectivity index (χ0v) is 17.9. The zero-order chi connectivity index (χ0) is 21.1. The predicted molar refractivity (Wildman–Crippen MR) is 123 cm³/mol. The van der Waals surface area contributed by atoms with E-state index in [0.29, 0.717) is 11.3 Å². The number of allylic oxidation sites excluding steroid dienone is 5. The van der Waals surface area contributed by atoms with Crippen LogP contribution < -0.4 is 0 Å². The van der Waals surface area contributed by atoms with E-state index in [1.54, 1.807) is 0 Å². The first-order valence-corrected chi connectivity index (χ1v) is 10.6. The highest BCUT2D eigenvalue weighted by molar-refractivity contribution is 6.08. The molecule has 0 N–H and O–H groups in total. The lowest BCUT2D eigenvalue weighted by Crippen LogP contribution is -2.21. The van der Waals surface area contributed by atoms with Crippen molar-refractivity contribution in [3.8, 4) is 6.07 Å². The Morgan fingerprint density at radius 3 is 2.77 bits per heavy atom. The largest absolute Gasteiger partial charge is 0.489 e. The van der Waals surface area contributed by atoms with Gasteiger partial charge < -0.3 is 9.30 Å². The fourth-order valence-electron chi connectivity index (χ4n) is 3.96. The number of ether oxygens (including phenoxy) is 1. The van der Waals surface area contributed by atoms with Gasteiger partial charge in [0.1, 0.15) is 11.8 Å². The molecule has 0 amide bonds. The van der Waals surface area contributed by atoms with Gasteiger partial charge in [0.25, 0.3) is 0 Å². The standard InChI is InChI=1S/C26H27N3O/c1-4-7-26(30-21-8-6-9-21)20(16-27)14-18(5-2)19-10-11-22-23-17-28-13-12-24(23)29(3)25(22)15-19/h5,7,10-15,17,21H,4,6,8-9H2,1-3H3/b18-5+,20-14-,26-7-. The van der Waals surface area contributed by atoms with E-state index in [2.05, 4.69) is 53.9 Å². The van der Waals surface area contributed by atoms with Gasteiger partial charge in [0, 0.05) is 35.7 Å². The first-order chi connectivity index (χ1) is 14.7. The van der Waals surface area contributed by atoms with Crippen molar-refractivity contribution in [2.24, 2.45) is 7.05 Å². The van der Waals surface area contributed by atoms with Crippen LogP contribution in [-0.2, 0) is 11.8 Å². The maximum absolute atomic E-state index is 9.85. The third-order valence-corrected chi connectivity index (χ3v) is 5.87. The van der Waals surface area contributed by atoms with Crippen LogP contribution in [0.4, 0.5) is 0 Å². The smallest absolute Gasteiger partial charge is 0.133 e. The van der Waals surface area contributed by atoms with Crippen LogP contribution in [0.2, 0.25) is 0 Å². The molecule has 4 heteroatoms. The minimum Gasteiger partial charge on any atom is -0.489 e. The topological polar surface area (TPSA) is 50.8 Å². The molecule has 30 heavy (non-hydrogen) atoms. The van der Waals surface area contributed by atoms with Gasteiger partial charge in [-0.1, -0.05) is 25.1 Å². The molecule has 152 valence electrons. The lowest BCUT2D eigenvalue weighted by molar-refractivity contribution is 0.0572. The average Bonchev–Trinajstić information content (AvgIpc) is 3.03. The number of hydrogen-bond acceptors (Lipinski definition) is 3. The van der Waals surface area contributed by atoms with Crippen LogP contribution in [-0.4, -0.2) is 15.7 Å². The number of aromatic nitrogens is 2. The Morgan fingerprint density at radius 1 is 1.27 bits per heavy atom. The van der Waals surface area contributed by atoms with Crippen molar-refractivity contribution in [1.82, 2.24) is 9.55 Å². The highest BCUT2D eigenvalue weighted by Crippen LogP contribution is 2.32. The molecule has 2 aromatic heterocycles.